The molecule has 0 spiro atoms. The zero-order chi connectivity index (χ0) is 27.2. The molecule has 3 rings (SSSR count). The van der Waals surface area contributed by atoms with Crippen LogP contribution in [-0.4, -0.2) is 56.3 Å². The van der Waals surface area contributed by atoms with Gasteiger partial charge in [-0.2, -0.15) is 0 Å². The maximum absolute atomic E-state index is 13.9. The van der Waals surface area contributed by atoms with Gasteiger partial charge in [0.2, 0.25) is 28.6 Å². The van der Waals surface area contributed by atoms with E-state index in [-0.39, 0.29) is 31.0 Å². The molecule has 0 radical (unpaired) electrons. The average molecular weight is 532 g/mol. The summed E-state index contributed by atoms with van der Waals surface area (Å²) in [4.78, 5) is 28.6. The highest BCUT2D eigenvalue weighted by Gasteiger charge is 2.33. The first-order valence-corrected chi connectivity index (χ1v) is 14.3. The molecule has 10 heteroatoms. The fourth-order valence-electron chi connectivity index (χ4n) is 4.13. The summed E-state index contributed by atoms with van der Waals surface area (Å²) in [5.41, 5.74) is 2.18. The summed E-state index contributed by atoms with van der Waals surface area (Å²) in [5, 5.41) is 2.97. The molecule has 0 saturated carbocycles. The van der Waals surface area contributed by atoms with Crippen LogP contribution in [0.2, 0.25) is 0 Å². The number of hydrogen-bond acceptors (Lipinski definition) is 6. The number of carbonyl (C=O) groups is 2. The van der Waals surface area contributed by atoms with E-state index in [1.165, 1.54) is 11.8 Å². The molecular formula is C27H37N3O6S. The third-order valence-electron chi connectivity index (χ3n) is 6.45. The highest BCUT2D eigenvalue weighted by atomic mass is 32.2. The number of nitrogens with zero attached hydrogens (tertiary/aromatic N) is 2. The lowest BCUT2D eigenvalue weighted by Gasteiger charge is -2.33. The molecule has 0 fully saturated rings. The number of benzene rings is 2. The average Bonchev–Trinajstić information content (AvgIpc) is 3.34. The van der Waals surface area contributed by atoms with Gasteiger partial charge in [-0.25, -0.2) is 8.42 Å². The Hall–Kier alpha value is -3.27. The van der Waals surface area contributed by atoms with E-state index in [9.17, 15) is 18.0 Å². The summed E-state index contributed by atoms with van der Waals surface area (Å²) >= 11 is 0. The second-order valence-electron chi connectivity index (χ2n) is 9.20. The Kier molecular flexibility index (Phi) is 9.42. The van der Waals surface area contributed by atoms with Crippen molar-refractivity contribution in [1.82, 2.24) is 10.2 Å². The first-order chi connectivity index (χ1) is 17.6. The summed E-state index contributed by atoms with van der Waals surface area (Å²) in [6.07, 6.45) is 1.13. The van der Waals surface area contributed by atoms with Crippen molar-refractivity contribution in [1.29, 1.82) is 0 Å². The molecule has 2 amide bonds. The van der Waals surface area contributed by atoms with Gasteiger partial charge in [0.1, 0.15) is 12.6 Å². The molecule has 0 saturated heterocycles. The molecule has 2 atom stereocenters. The summed E-state index contributed by atoms with van der Waals surface area (Å²) in [5.74, 6) is 0.00126. The van der Waals surface area contributed by atoms with Gasteiger partial charge in [0, 0.05) is 18.7 Å². The van der Waals surface area contributed by atoms with Gasteiger partial charge in [0.05, 0.1) is 11.4 Å². The number of amides is 2. The van der Waals surface area contributed by atoms with Crippen LogP contribution in [0.5, 0.6) is 11.5 Å². The molecule has 2 aromatic rings. The fraction of sp³-hybridized carbons (Fsp3) is 0.481. The van der Waals surface area contributed by atoms with E-state index in [0.29, 0.717) is 23.6 Å². The Labute approximate surface area is 219 Å². The smallest absolute Gasteiger partial charge is 0.244 e. The quantitative estimate of drug-likeness (QED) is 0.449. The zero-order valence-electron chi connectivity index (χ0n) is 22.2. The number of ether oxygens (including phenoxy) is 2. The van der Waals surface area contributed by atoms with Gasteiger partial charge in [-0.3, -0.25) is 13.9 Å². The number of sulfonamides is 1. The SMILES string of the molecule is CC[C@@H](C)NC(=O)[C@H](CC)N(Cc1cccc(C)c1)C(=O)CN(c1ccc2c(c1)OCO2)S(=O)(=O)CC. The summed E-state index contributed by atoms with van der Waals surface area (Å²) < 4.78 is 38.1. The molecule has 0 aromatic heterocycles. The van der Waals surface area contributed by atoms with E-state index in [0.717, 1.165) is 21.9 Å². The lowest BCUT2D eigenvalue weighted by molar-refractivity contribution is -0.140. The van der Waals surface area contributed by atoms with Gasteiger partial charge in [-0.15, -0.1) is 0 Å². The molecule has 1 N–H and O–H groups in total. The van der Waals surface area contributed by atoms with Crippen LogP contribution < -0.4 is 19.1 Å². The third kappa shape index (κ3) is 6.94. The topological polar surface area (TPSA) is 105 Å². The minimum Gasteiger partial charge on any atom is -0.454 e. The molecule has 37 heavy (non-hydrogen) atoms. The van der Waals surface area contributed by atoms with Crippen LogP contribution in [-0.2, 0) is 26.2 Å². The van der Waals surface area contributed by atoms with Crippen LogP contribution in [0.1, 0.15) is 51.7 Å². The number of carbonyl (C=O) groups excluding carboxylic acids is 2. The Bertz CT molecular complexity index is 1220. The van der Waals surface area contributed by atoms with Crippen LogP contribution in [0.4, 0.5) is 5.69 Å². The molecule has 0 unspecified atom stereocenters. The van der Waals surface area contributed by atoms with Gasteiger partial charge in [0.15, 0.2) is 11.5 Å². The maximum Gasteiger partial charge on any atom is 0.244 e. The third-order valence-corrected chi connectivity index (χ3v) is 8.19. The summed E-state index contributed by atoms with van der Waals surface area (Å²) in [7, 11) is -3.83. The normalized spacial score (nSPS) is 14.1. The molecular weight excluding hydrogens is 494 g/mol. The van der Waals surface area contributed by atoms with E-state index < -0.39 is 28.5 Å². The van der Waals surface area contributed by atoms with Crippen molar-refractivity contribution in [2.75, 3.05) is 23.4 Å². The van der Waals surface area contributed by atoms with Gasteiger partial charge < -0.3 is 19.7 Å². The lowest BCUT2D eigenvalue weighted by Crippen LogP contribution is -2.53. The summed E-state index contributed by atoms with van der Waals surface area (Å²) in [6, 6.07) is 11.7. The van der Waals surface area contributed by atoms with Gasteiger partial charge in [-0.05, 0) is 51.3 Å². The summed E-state index contributed by atoms with van der Waals surface area (Å²) in [6.45, 7) is 8.98. The Morgan fingerprint density at radius 2 is 1.76 bits per heavy atom. The number of rotatable bonds is 12. The number of fused-ring (bicyclic) bond motifs is 1. The van der Waals surface area contributed by atoms with Crippen molar-refractivity contribution in [2.45, 2.75) is 66.1 Å². The molecule has 1 heterocycles. The molecule has 2 aromatic carbocycles. The Balaban J connectivity index is 1.97. The highest BCUT2D eigenvalue weighted by Crippen LogP contribution is 2.36. The van der Waals surface area contributed by atoms with Crippen molar-refractivity contribution in [3.05, 3.63) is 53.6 Å². The van der Waals surface area contributed by atoms with E-state index in [2.05, 4.69) is 5.32 Å². The fourth-order valence-corrected chi connectivity index (χ4v) is 5.18. The standard InChI is InChI=1S/C27H37N3O6S/c1-6-20(5)28-27(32)23(7-2)29(16-21-11-9-10-19(4)14-21)26(31)17-30(37(33,34)8-3)22-12-13-24-25(15-22)36-18-35-24/h9-15,20,23H,6-8,16-18H2,1-5H3,(H,28,32)/t20-,23+/m1/s1. The number of nitrogens with one attached hydrogen (secondary N) is 1. The van der Waals surface area contributed by atoms with Crippen LogP contribution in [0.3, 0.4) is 0 Å². The van der Waals surface area contributed by atoms with Crippen molar-refractivity contribution >= 4 is 27.5 Å². The van der Waals surface area contributed by atoms with Gasteiger partial charge in [0.25, 0.3) is 0 Å². The molecule has 0 aliphatic carbocycles. The highest BCUT2D eigenvalue weighted by molar-refractivity contribution is 7.92. The molecule has 0 bridgehead atoms. The van der Waals surface area contributed by atoms with E-state index >= 15 is 0 Å². The number of hydrogen-bond donors (Lipinski definition) is 1. The largest absolute Gasteiger partial charge is 0.454 e. The second-order valence-corrected chi connectivity index (χ2v) is 11.4. The van der Waals surface area contributed by atoms with Crippen LogP contribution in [0, 0.1) is 6.92 Å². The predicted octanol–water partition coefficient (Wildman–Crippen LogP) is 3.60. The monoisotopic (exact) mass is 531 g/mol. The van der Waals surface area contributed by atoms with Crippen molar-refractivity contribution in [3.63, 3.8) is 0 Å². The Morgan fingerprint density at radius 1 is 1.03 bits per heavy atom. The van der Waals surface area contributed by atoms with E-state index in [1.807, 2.05) is 52.0 Å². The molecule has 1 aliphatic rings. The predicted molar refractivity (Wildman–Crippen MR) is 143 cm³/mol. The van der Waals surface area contributed by atoms with Crippen molar-refractivity contribution in [2.24, 2.45) is 0 Å². The lowest BCUT2D eigenvalue weighted by atomic mass is 10.1. The first-order valence-electron chi connectivity index (χ1n) is 12.6. The first kappa shape index (κ1) is 28.3. The van der Waals surface area contributed by atoms with Crippen LogP contribution >= 0.6 is 0 Å². The Morgan fingerprint density at radius 3 is 2.41 bits per heavy atom. The number of anilines is 1. The zero-order valence-corrected chi connectivity index (χ0v) is 23.0. The van der Waals surface area contributed by atoms with E-state index in [1.54, 1.807) is 18.2 Å². The van der Waals surface area contributed by atoms with Gasteiger partial charge >= 0.3 is 0 Å². The van der Waals surface area contributed by atoms with Crippen molar-refractivity contribution < 1.29 is 27.5 Å². The van der Waals surface area contributed by atoms with Crippen molar-refractivity contribution in [3.8, 4) is 11.5 Å². The number of aryl methyl sites for hydroxylation is 1. The minimum absolute atomic E-state index is 0.0476. The van der Waals surface area contributed by atoms with Gasteiger partial charge in [-0.1, -0.05) is 43.7 Å². The second kappa shape index (κ2) is 12.3. The van der Waals surface area contributed by atoms with Crippen LogP contribution in [0.15, 0.2) is 42.5 Å². The maximum atomic E-state index is 13.9. The molecule has 1 aliphatic heterocycles. The minimum atomic E-state index is -3.83. The van der Waals surface area contributed by atoms with Crippen LogP contribution in [0.25, 0.3) is 0 Å². The van der Waals surface area contributed by atoms with E-state index in [4.69, 9.17) is 9.47 Å². The molecule has 202 valence electrons. The molecule has 9 nitrogen and oxygen atoms in total.